The Morgan fingerprint density at radius 2 is 1.68 bits per heavy atom. The first-order valence-corrected chi connectivity index (χ1v) is 13.7. The van der Waals surface area contributed by atoms with E-state index in [1.54, 1.807) is 30.3 Å². The first kappa shape index (κ1) is 22.5. The van der Waals surface area contributed by atoms with Crippen molar-refractivity contribution in [1.82, 2.24) is 4.98 Å². The van der Waals surface area contributed by atoms with Gasteiger partial charge in [0.2, 0.25) is 5.09 Å². The number of sulfonamides is 2. The average molecular weight is 536 g/mol. The molecule has 0 aliphatic carbocycles. The van der Waals surface area contributed by atoms with Crippen molar-refractivity contribution >= 4 is 65.3 Å². The van der Waals surface area contributed by atoms with Crippen LogP contribution >= 0.6 is 22.9 Å². The Labute approximate surface area is 203 Å². The van der Waals surface area contributed by atoms with Gasteiger partial charge in [-0.3, -0.25) is 9.44 Å². The normalized spacial score (nSPS) is 12.1. The van der Waals surface area contributed by atoms with Gasteiger partial charge in [0.15, 0.2) is 12.2 Å². The number of aromatic nitrogens is 1. The van der Waals surface area contributed by atoms with Gasteiger partial charge in [-0.15, -0.1) is 11.3 Å². The molecule has 0 saturated carbocycles. The molecule has 0 aliphatic rings. The summed E-state index contributed by atoms with van der Waals surface area (Å²) in [5, 5.41) is 0.488. The van der Waals surface area contributed by atoms with Crippen LogP contribution in [0.2, 0.25) is 5.02 Å². The quantitative estimate of drug-likeness (QED) is 0.285. The van der Waals surface area contributed by atoms with Gasteiger partial charge in [0.25, 0.3) is 20.0 Å². The Morgan fingerprint density at radius 1 is 0.882 bits per heavy atom. The molecule has 34 heavy (non-hydrogen) atoms. The van der Waals surface area contributed by atoms with Gasteiger partial charge < -0.3 is 8.83 Å². The second kappa shape index (κ2) is 8.47. The predicted molar refractivity (Wildman–Crippen MR) is 129 cm³/mol. The van der Waals surface area contributed by atoms with E-state index in [1.807, 2.05) is 0 Å². The number of furan rings is 1. The zero-order chi connectivity index (χ0) is 23.9. The van der Waals surface area contributed by atoms with Gasteiger partial charge in [0.1, 0.15) is 9.79 Å². The minimum absolute atomic E-state index is 0.0000543. The molecule has 0 aliphatic heterocycles. The molecule has 9 nitrogen and oxygen atoms in total. The lowest BCUT2D eigenvalue weighted by molar-refractivity contribution is 0.484. The number of oxazole rings is 1. The van der Waals surface area contributed by atoms with Crippen LogP contribution in [0.15, 0.2) is 91.4 Å². The van der Waals surface area contributed by atoms with E-state index in [0.29, 0.717) is 21.6 Å². The third-order valence-corrected chi connectivity index (χ3v) is 9.07. The molecule has 0 radical (unpaired) electrons. The van der Waals surface area contributed by atoms with Crippen molar-refractivity contribution in [3.63, 3.8) is 0 Å². The van der Waals surface area contributed by atoms with Crippen molar-refractivity contribution in [2.24, 2.45) is 0 Å². The molecule has 13 heteroatoms. The Morgan fingerprint density at radius 3 is 2.44 bits per heavy atom. The zero-order valence-electron chi connectivity index (χ0n) is 16.9. The maximum atomic E-state index is 13.0. The van der Waals surface area contributed by atoms with Crippen LogP contribution in [0.1, 0.15) is 0 Å². The molecule has 0 unspecified atom stereocenters. The van der Waals surface area contributed by atoms with E-state index in [9.17, 15) is 16.8 Å². The molecule has 174 valence electrons. The number of hydrogen-bond acceptors (Lipinski definition) is 8. The number of rotatable bonds is 7. The van der Waals surface area contributed by atoms with Crippen molar-refractivity contribution in [2.45, 2.75) is 9.30 Å². The lowest BCUT2D eigenvalue weighted by Gasteiger charge is -2.13. The van der Waals surface area contributed by atoms with Crippen LogP contribution in [-0.2, 0) is 20.0 Å². The Kier molecular flexibility index (Phi) is 5.60. The molecule has 3 aromatic heterocycles. The zero-order valence-corrected chi connectivity index (χ0v) is 20.1. The number of anilines is 2. The third-order valence-electron chi connectivity index (χ3n) is 4.66. The lowest BCUT2D eigenvalue weighted by Crippen LogP contribution is -2.16. The fraction of sp³-hybridized carbons (Fsp3) is 0. The first-order chi connectivity index (χ1) is 16.2. The van der Waals surface area contributed by atoms with Gasteiger partial charge in [-0.2, -0.15) is 8.42 Å². The number of benzene rings is 2. The van der Waals surface area contributed by atoms with Crippen LogP contribution < -0.4 is 9.44 Å². The van der Waals surface area contributed by atoms with Crippen LogP contribution in [0.25, 0.3) is 21.6 Å². The summed E-state index contributed by atoms with van der Waals surface area (Å²) < 4.78 is 67.3. The summed E-state index contributed by atoms with van der Waals surface area (Å²) in [4.78, 5) is 4.39. The van der Waals surface area contributed by atoms with Gasteiger partial charge in [-0.25, -0.2) is 13.4 Å². The van der Waals surface area contributed by atoms with Crippen LogP contribution in [-0.4, -0.2) is 21.8 Å². The molecular weight excluding hydrogens is 522 g/mol. The second-order valence-corrected chi connectivity index (χ2v) is 12.0. The highest BCUT2D eigenvalue weighted by Crippen LogP contribution is 2.34. The number of para-hydroxylation sites is 1. The first-order valence-electron chi connectivity index (χ1n) is 9.54. The fourth-order valence-corrected chi connectivity index (χ4v) is 6.66. The van der Waals surface area contributed by atoms with E-state index >= 15 is 0 Å². The maximum Gasteiger partial charge on any atom is 0.295 e. The highest BCUT2D eigenvalue weighted by atomic mass is 35.5. The monoisotopic (exact) mass is 535 g/mol. The van der Waals surface area contributed by atoms with Gasteiger partial charge in [-0.1, -0.05) is 29.8 Å². The Balaban J connectivity index is 1.46. The molecule has 0 bridgehead atoms. The van der Waals surface area contributed by atoms with E-state index in [-0.39, 0.29) is 25.7 Å². The van der Waals surface area contributed by atoms with Gasteiger partial charge >= 0.3 is 0 Å². The highest BCUT2D eigenvalue weighted by molar-refractivity contribution is 7.94. The summed E-state index contributed by atoms with van der Waals surface area (Å²) in [6.45, 7) is 0. The Hall–Kier alpha value is -3.32. The third kappa shape index (κ3) is 4.40. The second-order valence-electron chi connectivity index (χ2n) is 6.99. The van der Waals surface area contributed by atoms with Crippen LogP contribution in [0.3, 0.4) is 0 Å². The summed E-state index contributed by atoms with van der Waals surface area (Å²) >= 11 is 7.03. The van der Waals surface area contributed by atoms with Crippen molar-refractivity contribution in [2.75, 3.05) is 9.44 Å². The van der Waals surface area contributed by atoms with Crippen molar-refractivity contribution in [3.05, 3.63) is 78.3 Å². The van der Waals surface area contributed by atoms with Gasteiger partial charge in [0.05, 0.1) is 22.4 Å². The number of hydrogen-bond donors (Lipinski definition) is 2. The molecule has 0 saturated heterocycles. The van der Waals surface area contributed by atoms with E-state index in [2.05, 4.69) is 14.4 Å². The number of nitrogens with zero attached hydrogens (tertiary/aromatic N) is 1. The molecule has 0 spiro atoms. The lowest BCUT2D eigenvalue weighted by atomic mass is 10.3. The molecule has 0 fully saturated rings. The van der Waals surface area contributed by atoms with Gasteiger partial charge in [0, 0.05) is 16.5 Å². The number of halogens is 1. The number of fused-ring (bicyclic) bond motifs is 1. The summed E-state index contributed by atoms with van der Waals surface area (Å²) in [6, 6.07) is 15.3. The molecule has 2 N–H and O–H groups in total. The van der Waals surface area contributed by atoms with Crippen LogP contribution in [0, 0.1) is 0 Å². The van der Waals surface area contributed by atoms with Crippen molar-refractivity contribution in [1.29, 1.82) is 0 Å². The molecule has 0 atom stereocenters. The van der Waals surface area contributed by atoms with E-state index in [0.717, 1.165) is 11.3 Å². The standard InChI is InChI=1S/C21H14ClN3O6S3/c22-14-5-6-15(24-34(28,29)21-8-7-19(32-21)18-11-23-12-30-18)16(10-14)25-33(26,27)20-9-13-3-1-2-4-17(13)31-20/h1-12,24-25H. The smallest absolute Gasteiger partial charge is 0.295 e. The van der Waals surface area contributed by atoms with Gasteiger partial charge in [-0.05, 0) is 36.4 Å². The topological polar surface area (TPSA) is 132 Å². The molecule has 5 aromatic rings. The highest BCUT2D eigenvalue weighted by Gasteiger charge is 2.24. The summed E-state index contributed by atoms with van der Waals surface area (Å²) in [6.07, 6.45) is 2.72. The van der Waals surface area contributed by atoms with Crippen molar-refractivity contribution in [3.8, 4) is 10.6 Å². The molecule has 3 heterocycles. The maximum absolute atomic E-state index is 13.0. The van der Waals surface area contributed by atoms with E-state index < -0.39 is 20.0 Å². The molecular formula is C21H14ClN3O6S3. The van der Waals surface area contributed by atoms with E-state index in [1.165, 1.54) is 42.9 Å². The Bertz CT molecular complexity index is 1670. The SMILES string of the molecule is O=S(=O)(Nc1cc(Cl)ccc1NS(=O)(=O)c1ccc(-c2cnco2)s1)c1cc2ccccc2o1. The molecule has 5 rings (SSSR count). The van der Waals surface area contributed by atoms with Crippen LogP contribution in [0.4, 0.5) is 11.4 Å². The average Bonchev–Trinajstić information content (AvgIpc) is 3.55. The summed E-state index contributed by atoms with van der Waals surface area (Å²) in [5.41, 5.74) is 0.317. The van der Waals surface area contributed by atoms with Crippen molar-refractivity contribution < 1.29 is 25.7 Å². The summed E-state index contributed by atoms with van der Waals surface area (Å²) in [5.74, 6) is 0.428. The molecule has 0 amide bonds. The predicted octanol–water partition coefficient (Wildman–Crippen LogP) is 5.40. The van der Waals surface area contributed by atoms with Crippen LogP contribution in [0.5, 0.6) is 0 Å². The number of nitrogens with one attached hydrogen (secondary N) is 2. The summed E-state index contributed by atoms with van der Waals surface area (Å²) in [7, 11) is -8.24. The molecule has 2 aromatic carbocycles. The largest absolute Gasteiger partial charge is 0.443 e. The number of thiophene rings is 1. The van der Waals surface area contributed by atoms with E-state index in [4.69, 9.17) is 20.4 Å². The fourth-order valence-electron chi connectivity index (χ4n) is 3.10. The minimum Gasteiger partial charge on any atom is -0.443 e. The minimum atomic E-state index is -4.19.